The smallest absolute Gasteiger partial charge is 0.0992 e. The number of aromatic nitrogens is 2. The van der Waals surface area contributed by atoms with Crippen molar-refractivity contribution in [2.75, 3.05) is 0 Å². The lowest BCUT2D eigenvalue weighted by Gasteiger charge is -2.15. The maximum absolute atomic E-state index is 9.78. The second-order valence-corrected chi connectivity index (χ2v) is 10.5. The molecule has 0 aliphatic heterocycles. The average molecular weight is 536 g/mol. The summed E-state index contributed by atoms with van der Waals surface area (Å²) >= 11 is 0. The Morgan fingerprint density at radius 1 is 0.452 bits per heavy atom. The predicted octanol–water partition coefficient (Wildman–Crippen LogP) is 9.93. The van der Waals surface area contributed by atoms with Gasteiger partial charge in [-0.3, -0.25) is 0 Å². The predicted molar refractivity (Wildman–Crippen MR) is 173 cm³/mol. The molecule has 0 amide bonds. The van der Waals surface area contributed by atoms with Crippen LogP contribution in [0.3, 0.4) is 0 Å². The Bertz CT molecular complexity index is 2280. The van der Waals surface area contributed by atoms with Gasteiger partial charge in [0.05, 0.1) is 33.9 Å². The lowest BCUT2D eigenvalue weighted by atomic mass is 9.98. The molecule has 42 heavy (non-hydrogen) atoms. The summed E-state index contributed by atoms with van der Waals surface area (Å²) in [5.41, 5.74) is 10.7. The van der Waals surface area contributed by atoms with Gasteiger partial charge in [0.1, 0.15) is 0 Å². The molecule has 0 aliphatic rings. The molecule has 0 atom stereocenters. The molecule has 2 heterocycles. The molecule has 0 saturated heterocycles. The first kappa shape index (κ1) is 24.0. The summed E-state index contributed by atoms with van der Waals surface area (Å²) < 4.78 is 4.76. The fourth-order valence-corrected chi connectivity index (χ4v) is 6.40. The minimum Gasteiger partial charge on any atom is -0.307 e. The topological polar surface area (TPSA) is 33.6 Å². The van der Waals surface area contributed by atoms with Crippen LogP contribution in [0.25, 0.3) is 66.5 Å². The Labute approximate surface area is 243 Å². The first-order chi connectivity index (χ1) is 20.8. The van der Waals surface area contributed by atoms with Crippen molar-refractivity contribution in [2.45, 2.75) is 0 Å². The molecule has 0 radical (unpaired) electrons. The Balaban J connectivity index is 1.67. The van der Waals surface area contributed by atoms with Gasteiger partial charge in [0.15, 0.2) is 0 Å². The van der Waals surface area contributed by atoms with Gasteiger partial charge >= 0.3 is 0 Å². The third kappa shape index (κ3) is 3.60. The monoisotopic (exact) mass is 535 g/mol. The van der Waals surface area contributed by atoms with Crippen LogP contribution in [0.5, 0.6) is 0 Å². The van der Waals surface area contributed by atoms with Crippen LogP contribution in [0.4, 0.5) is 0 Å². The summed E-state index contributed by atoms with van der Waals surface area (Å²) in [4.78, 5) is 0. The van der Waals surface area contributed by atoms with Gasteiger partial charge in [-0.2, -0.15) is 5.26 Å². The number of rotatable bonds is 4. The van der Waals surface area contributed by atoms with Crippen LogP contribution in [-0.4, -0.2) is 9.13 Å². The molecule has 3 heteroatoms. The highest BCUT2D eigenvalue weighted by molar-refractivity contribution is 6.22. The van der Waals surface area contributed by atoms with Crippen molar-refractivity contribution in [3.05, 3.63) is 157 Å². The van der Waals surface area contributed by atoms with Crippen LogP contribution in [-0.2, 0) is 0 Å². The highest BCUT2D eigenvalue weighted by Gasteiger charge is 2.25. The van der Waals surface area contributed by atoms with E-state index in [1.54, 1.807) is 0 Å². The summed E-state index contributed by atoms with van der Waals surface area (Å²) in [6.07, 6.45) is 0. The van der Waals surface area contributed by atoms with Gasteiger partial charge in [-0.25, -0.2) is 0 Å². The van der Waals surface area contributed by atoms with Crippen molar-refractivity contribution < 1.29 is 0 Å². The quantitative estimate of drug-likeness (QED) is 0.221. The van der Waals surface area contributed by atoms with E-state index in [4.69, 9.17) is 0 Å². The molecule has 0 aliphatic carbocycles. The molecular formula is C39H25N3. The highest BCUT2D eigenvalue weighted by Crippen LogP contribution is 2.47. The maximum atomic E-state index is 9.78. The van der Waals surface area contributed by atoms with Crippen LogP contribution in [0, 0.1) is 11.3 Å². The van der Waals surface area contributed by atoms with E-state index in [1.165, 1.54) is 27.3 Å². The molecule has 0 spiro atoms. The van der Waals surface area contributed by atoms with Gasteiger partial charge in [0.2, 0.25) is 0 Å². The van der Waals surface area contributed by atoms with Crippen LogP contribution >= 0.6 is 0 Å². The zero-order valence-electron chi connectivity index (χ0n) is 22.8. The largest absolute Gasteiger partial charge is 0.307 e. The fourth-order valence-electron chi connectivity index (χ4n) is 6.40. The molecule has 3 nitrogen and oxygen atoms in total. The fraction of sp³-hybridized carbons (Fsp3) is 0. The van der Waals surface area contributed by atoms with E-state index in [1.807, 2.05) is 18.2 Å². The zero-order valence-corrected chi connectivity index (χ0v) is 22.8. The van der Waals surface area contributed by atoms with E-state index in [-0.39, 0.29) is 0 Å². The Morgan fingerprint density at radius 2 is 1.05 bits per heavy atom. The van der Waals surface area contributed by atoms with Crippen LogP contribution in [0.1, 0.15) is 5.56 Å². The van der Waals surface area contributed by atoms with Crippen LogP contribution in [0.15, 0.2) is 152 Å². The van der Waals surface area contributed by atoms with E-state index < -0.39 is 0 Å². The van der Waals surface area contributed by atoms with Crippen molar-refractivity contribution in [1.82, 2.24) is 9.13 Å². The van der Waals surface area contributed by atoms with Gasteiger partial charge in [0.25, 0.3) is 0 Å². The standard InChI is InChI=1S/C39H25N3/c40-26-27-13-12-20-31(25-27)41-35-22-11-10-21-32(35)33-23-24-34-36(28-14-4-1-5-15-28)37(29-16-6-2-7-17-29)42(39(34)38(33)41)30-18-8-3-9-19-30/h1-25H. The molecule has 0 fully saturated rings. The summed E-state index contributed by atoms with van der Waals surface area (Å²) in [5.74, 6) is 0. The molecule has 8 rings (SSSR count). The van der Waals surface area contributed by atoms with Crippen molar-refractivity contribution >= 4 is 32.7 Å². The van der Waals surface area contributed by atoms with E-state index in [2.05, 4.69) is 149 Å². The number of nitriles is 1. The summed E-state index contributed by atoms with van der Waals surface area (Å²) in [6, 6.07) is 55.4. The second kappa shape index (κ2) is 9.66. The van der Waals surface area contributed by atoms with E-state index in [0.717, 1.165) is 39.2 Å². The second-order valence-electron chi connectivity index (χ2n) is 10.5. The summed E-state index contributed by atoms with van der Waals surface area (Å²) in [5, 5.41) is 13.3. The number of fused-ring (bicyclic) bond motifs is 5. The molecule has 0 saturated carbocycles. The van der Waals surface area contributed by atoms with Gasteiger partial charge in [0, 0.05) is 33.1 Å². The van der Waals surface area contributed by atoms with Gasteiger partial charge in [-0.15, -0.1) is 0 Å². The first-order valence-corrected chi connectivity index (χ1v) is 14.1. The van der Waals surface area contributed by atoms with E-state index in [9.17, 15) is 5.26 Å². The average Bonchev–Trinajstić information content (AvgIpc) is 3.59. The third-order valence-electron chi connectivity index (χ3n) is 8.12. The molecule has 0 bridgehead atoms. The minimum atomic E-state index is 0.638. The lowest BCUT2D eigenvalue weighted by Crippen LogP contribution is -2.00. The molecular weight excluding hydrogens is 510 g/mol. The van der Waals surface area contributed by atoms with Crippen LogP contribution in [0.2, 0.25) is 0 Å². The zero-order chi connectivity index (χ0) is 28.0. The lowest BCUT2D eigenvalue weighted by molar-refractivity contribution is 1.12. The van der Waals surface area contributed by atoms with Crippen LogP contribution < -0.4 is 0 Å². The van der Waals surface area contributed by atoms with Crippen molar-refractivity contribution in [2.24, 2.45) is 0 Å². The minimum absolute atomic E-state index is 0.638. The Kier molecular flexibility index (Phi) is 5.52. The van der Waals surface area contributed by atoms with Crippen molar-refractivity contribution in [3.63, 3.8) is 0 Å². The van der Waals surface area contributed by atoms with E-state index in [0.29, 0.717) is 5.56 Å². The highest BCUT2D eigenvalue weighted by atomic mass is 15.1. The number of hydrogen-bond donors (Lipinski definition) is 0. The van der Waals surface area contributed by atoms with E-state index >= 15 is 0 Å². The first-order valence-electron chi connectivity index (χ1n) is 14.1. The normalized spacial score (nSPS) is 11.3. The molecule has 8 aromatic rings. The SMILES string of the molecule is N#Cc1cccc(-n2c3ccccc3c3ccc4c(-c5ccccc5)c(-c5ccccc5)n(-c5ccccc5)c4c32)c1. The third-order valence-corrected chi connectivity index (χ3v) is 8.12. The molecule has 196 valence electrons. The van der Waals surface area contributed by atoms with Crippen molar-refractivity contribution in [1.29, 1.82) is 5.26 Å². The molecule has 6 aromatic carbocycles. The van der Waals surface area contributed by atoms with Gasteiger partial charge < -0.3 is 9.13 Å². The Morgan fingerprint density at radius 3 is 1.79 bits per heavy atom. The number of para-hydroxylation sites is 2. The Hall–Kier alpha value is -5.85. The van der Waals surface area contributed by atoms with Gasteiger partial charge in [-0.05, 0) is 47.5 Å². The van der Waals surface area contributed by atoms with Gasteiger partial charge in [-0.1, -0.05) is 115 Å². The summed E-state index contributed by atoms with van der Waals surface area (Å²) in [6.45, 7) is 0. The molecule has 0 unspecified atom stereocenters. The number of hydrogen-bond acceptors (Lipinski definition) is 1. The summed E-state index contributed by atoms with van der Waals surface area (Å²) in [7, 11) is 0. The molecule has 2 aromatic heterocycles. The number of benzene rings is 6. The van der Waals surface area contributed by atoms with Crippen molar-refractivity contribution in [3.8, 4) is 39.8 Å². The maximum Gasteiger partial charge on any atom is 0.0992 e. The number of nitrogens with zero attached hydrogens (tertiary/aromatic N) is 3. The molecule has 0 N–H and O–H groups in total.